The van der Waals surface area contributed by atoms with Gasteiger partial charge in [0.15, 0.2) is 0 Å². The van der Waals surface area contributed by atoms with Gasteiger partial charge in [0.2, 0.25) is 0 Å². The maximum absolute atomic E-state index is 14.8. The van der Waals surface area contributed by atoms with Gasteiger partial charge in [-0.25, -0.2) is 8.78 Å². The molecule has 0 aliphatic rings. The van der Waals surface area contributed by atoms with Gasteiger partial charge < -0.3 is 46.1 Å². The Kier molecular flexibility index (Phi) is 15.8. The van der Waals surface area contributed by atoms with Crippen LogP contribution in [0.4, 0.5) is 31.8 Å². The number of phenolic OH excluding ortho intramolecular Hbond substituents is 2. The number of hydrogen-bond acceptors (Lipinski definition) is 11. The normalized spacial score (nSPS) is 10.6. The van der Waals surface area contributed by atoms with E-state index in [9.17, 15) is 38.2 Å². The summed E-state index contributed by atoms with van der Waals surface area (Å²) in [7, 11) is 4.46. The Balaban J connectivity index is 0.000000229. The monoisotopic (exact) mass is 1140 g/mol. The molecular weight excluding hydrogens is 1100 g/mol. The highest BCUT2D eigenvalue weighted by Crippen LogP contribution is 2.37. The zero-order valence-corrected chi connectivity index (χ0v) is 40.7. The van der Waals surface area contributed by atoms with Crippen molar-refractivity contribution in [2.75, 3.05) is 17.7 Å². The molecule has 346 valence electrons. The van der Waals surface area contributed by atoms with Crippen molar-refractivity contribution in [2.24, 2.45) is 19.8 Å². The van der Waals surface area contributed by atoms with E-state index < -0.39 is 34.6 Å². The molecule has 0 aliphatic heterocycles. The van der Waals surface area contributed by atoms with E-state index in [1.54, 1.807) is 69.5 Å². The van der Waals surface area contributed by atoms with Gasteiger partial charge in [0.05, 0.1) is 18.5 Å². The molecule has 7 rings (SSSR count). The van der Waals surface area contributed by atoms with Crippen LogP contribution in [0, 0.1) is 32.6 Å². The molecule has 0 fully saturated rings. The summed E-state index contributed by atoms with van der Waals surface area (Å²) in [5, 5.41) is 28.5. The number of hydrogen-bond donors (Lipinski definition) is 6. The molecule has 0 aliphatic carbocycles. The fraction of sp³-hybridized carbons (Fsp3) is 0.125. The highest BCUT2D eigenvalue weighted by Gasteiger charge is 2.25. The fourth-order valence-corrected chi connectivity index (χ4v) is 7.28. The fourth-order valence-electron chi connectivity index (χ4n) is 6.38. The van der Waals surface area contributed by atoms with Crippen molar-refractivity contribution in [3.8, 4) is 40.2 Å². The Morgan fingerprint density at radius 2 is 1.10 bits per heavy atom. The molecule has 2 aromatic heterocycles. The van der Waals surface area contributed by atoms with Crippen LogP contribution in [-0.4, -0.2) is 38.3 Å². The van der Waals surface area contributed by atoms with E-state index in [1.807, 2.05) is 57.3 Å². The average Bonchev–Trinajstić information content (AvgIpc) is 3.28. The molecular formula is C48H42F2I2N6O9. The standard InChI is InChI=1S/C28H25FIN3O5.C20H17FIN3O4/c1-16-22(34)5-4-6-23(16)38-24-14-25(35)33(2)27(32-21-12-9-18(30)13-20(21)29)26(24)28(36)31-15-17-7-10-19(37-3)11-8-17;1-10-14(26)4-3-5-15(10)29-16-9-17(27)25(2)20(18(16)19(23)28)24-13-7-6-11(22)8-12(13)21/h4-14,32,34H,15H2,1-3H3,(H,31,36);3-9,24,26H,1-2H3,(H2,23,28). The largest absolute Gasteiger partial charge is 0.508 e. The first-order valence-electron chi connectivity index (χ1n) is 19.9. The van der Waals surface area contributed by atoms with Crippen molar-refractivity contribution >= 4 is 80.0 Å². The molecule has 15 nitrogen and oxygen atoms in total. The summed E-state index contributed by atoms with van der Waals surface area (Å²) >= 11 is 3.96. The van der Waals surface area contributed by atoms with Crippen LogP contribution in [0.2, 0.25) is 0 Å². The van der Waals surface area contributed by atoms with Gasteiger partial charge in [0.1, 0.15) is 74.6 Å². The number of aromatic nitrogens is 2. The van der Waals surface area contributed by atoms with Crippen LogP contribution >= 0.6 is 45.2 Å². The second-order valence-electron chi connectivity index (χ2n) is 14.7. The maximum atomic E-state index is 14.8. The number of amides is 2. The Morgan fingerprint density at radius 3 is 1.54 bits per heavy atom. The van der Waals surface area contributed by atoms with Crippen molar-refractivity contribution in [3.05, 3.63) is 176 Å². The van der Waals surface area contributed by atoms with Crippen molar-refractivity contribution in [2.45, 2.75) is 20.4 Å². The zero-order chi connectivity index (χ0) is 48.7. The number of primary amides is 1. The lowest BCUT2D eigenvalue weighted by molar-refractivity contribution is 0.0947. The third-order valence-corrected chi connectivity index (χ3v) is 11.6. The number of carbonyl (C=O) groups is 2. The quantitative estimate of drug-likeness (QED) is 0.0600. The van der Waals surface area contributed by atoms with Crippen LogP contribution in [0.5, 0.6) is 40.2 Å². The van der Waals surface area contributed by atoms with Crippen LogP contribution in [0.25, 0.3) is 0 Å². The highest BCUT2D eigenvalue weighted by molar-refractivity contribution is 14.1. The SMILES string of the molecule is COc1ccc(CNC(=O)c2c(Oc3cccc(O)c3C)cc(=O)n(C)c2Nc2ccc(I)cc2F)cc1.Cc1c(O)cccc1Oc1cc(=O)n(C)c(Nc2ccc(I)cc2F)c1C(N)=O. The number of methoxy groups -OCH3 is 1. The number of phenols is 2. The zero-order valence-electron chi connectivity index (χ0n) is 36.3. The van der Waals surface area contributed by atoms with E-state index in [2.05, 4.69) is 16.0 Å². The third kappa shape index (κ3) is 11.6. The lowest BCUT2D eigenvalue weighted by atomic mass is 10.1. The van der Waals surface area contributed by atoms with E-state index in [0.717, 1.165) is 16.2 Å². The molecule has 5 aromatic carbocycles. The Hall–Kier alpha value is -7.14. The summed E-state index contributed by atoms with van der Waals surface area (Å²) in [6, 6.07) is 27.8. The number of pyridine rings is 2. The van der Waals surface area contributed by atoms with Gasteiger partial charge >= 0.3 is 0 Å². The summed E-state index contributed by atoms with van der Waals surface area (Å²) in [6.45, 7) is 3.44. The molecule has 0 saturated carbocycles. The second kappa shape index (κ2) is 21.4. The number of anilines is 4. The number of carbonyl (C=O) groups excluding carboxylic acids is 2. The van der Waals surface area contributed by atoms with Gasteiger partial charge in [-0.1, -0.05) is 24.3 Å². The van der Waals surface area contributed by atoms with Gasteiger partial charge in [-0.2, -0.15) is 0 Å². The molecule has 2 heterocycles. The molecule has 7 N–H and O–H groups in total. The second-order valence-corrected chi connectivity index (χ2v) is 17.1. The van der Waals surface area contributed by atoms with E-state index >= 15 is 0 Å². The molecule has 2 amide bonds. The Bertz CT molecular complexity index is 3150. The van der Waals surface area contributed by atoms with Crippen LogP contribution in [0.15, 0.2) is 119 Å². The van der Waals surface area contributed by atoms with Crippen LogP contribution in [-0.2, 0) is 20.6 Å². The number of aromatic hydroxyl groups is 2. The summed E-state index contributed by atoms with van der Waals surface area (Å²) in [5.41, 5.74) is 6.22. The van der Waals surface area contributed by atoms with Crippen molar-refractivity contribution < 1.29 is 42.8 Å². The number of halogens is 4. The minimum absolute atomic E-state index is 0.00357. The first-order chi connectivity index (χ1) is 31.9. The number of nitrogens with zero attached hydrogens (tertiary/aromatic N) is 2. The van der Waals surface area contributed by atoms with Crippen molar-refractivity contribution in [1.29, 1.82) is 0 Å². The van der Waals surface area contributed by atoms with Crippen LogP contribution in [0.1, 0.15) is 37.4 Å². The number of ether oxygens (including phenoxy) is 3. The van der Waals surface area contributed by atoms with Crippen molar-refractivity contribution in [3.63, 3.8) is 0 Å². The lowest BCUT2D eigenvalue weighted by Crippen LogP contribution is -2.29. The molecule has 0 unspecified atom stereocenters. The number of nitrogens with one attached hydrogen (secondary N) is 3. The van der Waals surface area contributed by atoms with Gasteiger partial charge in [-0.05, 0) is 137 Å². The summed E-state index contributed by atoms with van der Waals surface area (Å²) in [6.07, 6.45) is 0. The molecule has 67 heavy (non-hydrogen) atoms. The lowest BCUT2D eigenvalue weighted by Gasteiger charge is -2.20. The number of rotatable bonds is 13. The van der Waals surface area contributed by atoms with E-state index in [-0.39, 0.29) is 75.2 Å². The Labute approximate surface area is 409 Å². The minimum Gasteiger partial charge on any atom is -0.508 e. The predicted molar refractivity (Wildman–Crippen MR) is 267 cm³/mol. The van der Waals surface area contributed by atoms with E-state index in [1.165, 1.54) is 61.1 Å². The molecule has 0 atom stereocenters. The van der Waals surface area contributed by atoms with Gasteiger partial charge in [-0.3, -0.25) is 28.3 Å². The third-order valence-electron chi connectivity index (χ3n) is 10.2. The highest BCUT2D eigenvalue weighted by atomic mass is 127. The van der Waals surface area contributed by atoms with Crippen LogP contribution < -0.4 is 47.0 Å². The average molecular weight is 1140 g/mol. The first kappa shape index (κ1) is 49.3. The predicted octanol–water partition coefficient (Wildman–Crippen LogP) is 9.40. The van der Waals surface area contributed by atoms with Gasteiger partial charge in [-0.15, -0.1) is 0 Å². The molecule has 0 spiro atoms. The van der Waals surface area contributed by atoms with Crippen LogP contribution in [0.3, 0.4) is 0 Å². The van der Waals surface area contributed by atoms with E-state index in [0.29, 0.717) is 24.0 Å². The molecule has 0 radical (unpaired) electrons. The number of nitrogens with two attached hydrogens (primary N) is 1. The maximum Gasteiger partial charge on any atom is 0.259 e. The Morgan fingerprint density at radius 1 is 0.657 bits per heavy atom. The molecule has 0 saturated heterocycles. The smallest absolute Gasteiger partial charge is 0.259 e. The first-order valence-corrected chi connectivity index (χ1v) is 22.1. The van der Waals surface area contributed by atoms with Crippen molar-refractivity contribution in [1.82, 2.24) is 14.5 Å². The summed E-state index contributed by atoms with van der Waals surface area (Å²) < 4.78 is 49.7. The minimum atomic E-state index is -0.873. The van der Waals surface area contributed by atoms with Gasteiger partial charge in [0, 0.05) is 51.0 Å². The molecule has 0 bridgehead atoms. The molecule has 7 aromatic rings. The molecule has 19 heteroatoms. The number of benzene rings is 5. The topological polar surface area (TPSA) is 208 Å². The summed E-state index contributed by atoms with van der Waals surface area (Å²) in [5.74, 6) is -1.51. The summed E-state index contributed by atoms with van der Waals surface area (Å²) in [4.78, 5) is 51.2. The van der Waals surface area contributed by atoms with E-state index in [4.69, 9.17) is 19.9 Å². The van der Waals surface area contributed by atoms with Gasteiger partial charge in [0.25, 0.3) is 22.9 Å².